The molecule has 0 saturated heterocycles. The maximum Gasteiger partial charge on any atom is 0.524 e. The second-order valence-corrected chi connectivity index (χ2v) is 7.48. The number of phosphoric acid groups is 1. The highest BCUT2D eigenvalue weighted by atomic mass is 35.5. The first-order chi connectivity index (χ1) is 13.4. The Morgan fingerprint density at radius 3 is 2.38 bits per heavy atom. The zero-order valence-corrected chi connectivity index (χ0v) is 15.9. The molecule has 0 amide bonds. The summed E-state index contributed by atoms with van der Waals surface area (Å²) in [6.07, 6.45) is -3.44. The van der Waals surface area contributed by atoms with E-state index in [4.69, 9.17) is 25.8 Å². The summed E-state index contributed by atoms with van der Waals surface area (Å²) < 4.78 is 59.9. The van der Waals surface area contributed by atoms with Crippen LogP contribution in [0.4, 0.5) is 13.2 Å². The predicted octanol–water partition coefficient (Wildman–Crippen LogP) is 4.30. The van der Waals surface area contributed by atoms with Gasteiger partial charge in [0.1, 0.15) is 12.0 Å². The highest BCUT2D eigenvalue weighted by Crippen LogP contribution is 2.40. The predicted molar refractivity (Wildman–Crippen MR) is 96.6 cm³/mol. The molecule has 3 rings (SSSR count). The number of rotatable bonds is 5. The van der Waals surface area contributed by atoms with Gasteiger partial charge in [-0.25, -0.2) is 9.36 Å². The van der Waals surface area contributed by atoms with E-state index in [1.165, 1.54) is 30.3 Å². The minimum absolute atomic E-state index is 0.150. The van der Waals surface area contributed by atoms with Crippen molar-refractivity contribution < 1.29 is 36.5 Å². The number of hydrogen-bond acceptors (Lipinski definition) is 4. The van der Waals surface area contributed by atoms with E-state index in [2.05, 4.69) is 4.52 Å². The fraction of sp³-hybridized carbons (Fsp3) is 0.118. The highest BCUT2D eigenvalue weighted by Gasteiger charge is 2.30. The van der Waals surface area contributed by atoms with Crippen molar-refractivity contribution in [2.24, 2.45) is 0 Å². The van der Waals surface area contributed by atoms with Crippen molar-refractivity contribution in [3.05, 3.63) is 75.4 Å². The van der Waals surface area contributed by atoms with Gasteiger partial charge in [0.05, 0.1) is 17.8 Å². The van der Waals surface area contributed by atoms with Crippen molar-refractivity contribution in [2.45, 2.75) is 12.7 Å². The van der Waals surface area contributed by atoms with Gasteiger partial charge in [-0.2, -0.15) is 13.2 Å². The summed E-state index contributed by atoms with van der Waals surface area (Å²) >= 11 is 5.92. The Kier molecular flexibility index (Phi) is 5.64. The van der Waals surface area contributed by atoms with E-state index < -0.39 is 25.3 Å². The third kappa shape index (κ3) is 5.10. The molecule has 0 aliphatic heterocycles. The van der Waals surface area contributed by atoms with Gasteiger partial charge >= 0.3 is 19.8 Å². The van der Waals surface area contributed by atoms with Crippen molar-refractivity contribution in [3.63, 3.8) is 0 Å². The molecule has 0 aliphatic carbocycles. The van der Waals surface area contributed by atoms with Gasteiger partial charge in [0.15, 0.2) is 0 Å². The second-order valence-electron chi connectivity index (χ2n) is 5.88. The number of alkyl halides is 3. The summed E-state index contributed by atoms with van der Waals surface area (Å²) in [5.41, 5.74) is -0.280. The molecule has 0 fully saturated rings. The van der Waals surface area contributed by atoms with Crippen LogP contribution in [-0.2, 0) is 17.3 Å². The number of nitrogens with zero attached hydrogens (tertiary/aromatic N) is 1. The molecule has 0 radical (unpaired) electrons. The first kappa shape index (κ1) is 21.2. The number of hydrogen-bond donors (Lipinski definition) is 2. The lowest BCUT2D eigenvalue weighted by Gasteiger charge is -2.14. The molecule has 1 aromatic heterocycles. The molecule has 2 N–H and O–H groups in total. The zero-order valence-electron chi connectivity index (χ0n) is 14.3. The van der Waals surface area contributed by atoms with E-state index >= 15 is 0 Å². The highest BCUT2D eigenvalue weighted by molar-refractivity contribution is 7.46. The van der Waals surface area contributed by atoms with Crippen molar-refractivity contribution in [3.8, 4) is 17.0 Å². The maximum atomic E-state index is 12.7. The van der Waals surface area contributed by atoms with Crippen molar-refractivity contribution in [1.82, 2.24) is 4.57 Å². The molecule has 0 aliphatic rings. The lowest BCUT2D eigenvalue weighted by Crippen LogP contribution is -2.17. The van der Waals surface area contributed by atoms with E-state index in [1.807, 2.05) is 0 Å². The van der Waals surface area contributed by atoms with E-state index in [1.54, 1.807) is 0 Å². The minimum Gasteiger partial charge on any atom is -0.416 e. The Bertz CT molecular complexity index is 1130. The quantitative estimate of drug-likeness (QED) is 0.563. The number of halogens is 4. The molecule has 0 spiro atoms. The maximum absolute atomic E-state index is 12.7. The number of benzene rings is 2. The lowest BCUT2D eigenvalue weighted by molar-refractivity contribution is -0.137. The summed E-state index contributed by atoms with van der Waals surface area (Å²) in [6.45, 7) is -0.262. The molecule has 0 unspecified atom stereocenters. The van der Waals surface area contributed by atoms with Gasteiger partial charge in [-0.3, -0.25) is 14.4 Å². The Morgan fingerprint density at radius 1 is 1.14 bits per heavy atom. The average molecular weight is 450 g/mol. The second kappa shape index (κ2) is 7.72. The van der Waals surface area contributed by atoms with Crippen LogP contribution in [0.25, 0.3) is 11.3 Å². The fourth-order valence-corrected chi connectivity index (χ4v) is 3.22. The van der Waals surface area contributed by atoms with Gasteiger partial charge in [0, 0.05) is 16.1 Å². The van der Waals surface area contributed by atoms with Crippen LogP contribution in [0.1, 0.15) is 11.1 Å². The average Bonchev–Trinajstić information content (AvgIpc) is 2.96. The van der Waals surface area contributed by atoms with Crippen molar-refractivity contribution in [2.75, 3.05) is 0 Å². The molecule has 2 aromatic carbocycles. The van der Waals surface area contributed by atoms with Crippen LogP contribution in [0.15, 0.2) is 57.9 Å². The molecule has 3 aromatic rings. The summed E-state index contributed by atoms with van der Waals surface area (Å²) in [7, 11) is -4.88. The molecule has 154 valence electrons. The van der Waals surface area contributed by atoms with Crippen LogP contribution in [0.5, 0.6) is 5.75 Å². The third-order valence-corrected chi connectivity index (χ3v) is 4.53. The zero-order chi connectivity index (χ0) is 21.4. The standard InChI is InChI=1S/C17H12ClF3NO6P/c18-13-5-6-15(28-29(24,25)26)11(7-13)8-22-14(9-27-16(22)23)10-1-3-12(4-2-10)17(19,20)21/h1-7,9H,8H2,(H2,24,25,26). The molecular weight excluding hydrogens is 438 g/mol. The van der Waals surface area contributed by atoms with E-state index in [9.17, 15) is 22.5 Å². The molecular formula is C17H12ClF3NO6P. The molecule has 1 heterocycles. The minimum atomic E-state index is -4.88. The van der Waals surface area contributed by atoms with Crippen molar-refractivity contribution in [1.29, 1.82) is 0 Å². The Morgan fingerprint density at radius 2 is 1.79 bits per heavy atom. The Labute approximate surface area is 166 Å². The van der Waals surface area contributed by atoms with Crippen LogP contribution in [-0.4, -0.2) is 14.4 Å². The molecule has 0 atom stereocenters. The summed E-state index contributed by atoms with van der Waals surface area (Å²) in [5, 5.41) is 0.214. The van der Waals surface area contributed by atoms with Gasteiger partial charge in [-0.05, 0) is 30.3 Å². The van der Waals surface area contributed by atoms with E-state index in [-0.39, 0.29) is 34.1 Å². The van der Waals surface area contributed by atoms with Gasteiger partial charge in [0.2, 0.25) is 0 Å². The number of phosphoric ester groups is 1. The monoisotopic (exact) mass is 449 g/mol. The van der Waals surface area contributed by atoms with Gasteiger partial charge < -0.3 is 8.94 Å². The van der Waals surface area contributed by atoms with Crippen LogP contribution < -0.4 is 10.3 Å². The van der Waals surface area contributed by atoms with Crippen LogP contribution in [0, 0.1) is 0 Å². The van der Waals surface area contributed by atoms with Crippen LogP contribution >= 0.6 is 19.4 Å². The summed E-state index contributed by atoms with van der Waals surface area (Å²) in [5.74, 6) is -1.05. The first-order valence-electron chi connectivity index (χ1n) is 7.83. The van der Waals surface area contributed by atoms with Crippen LogP contribution in [0.3, 0.4) is 0 Å². The number of oxazole rings is 1. The molecule has 0 saturated carbocycles. The normalized spacial score (nSPS) is 12.2. The molecule has 29 heavy (non-hydrogen) atoms. The van der Waals surface area contributed by atoms with Crippen LogP contribution in [0.2, 0.25) is 5.02 Å². The first-order valence-corrected chi connectivity index (χ1v) is 9.74. The topological polar surface area (TPSA) is 102 Å². The Balaban J connectivity index is 2.01. The lowest BCUT2D eigenvalue weighted by atomic mass is 10.1. The van der Waals surface area contributed by atoms with Gasteiger partial charge in [-0.15, -0.1) is 0 Å². The molecule has 12 heteroatoms. The summed E-state index contributed by atoms with van der Waals surface area (Å²) in [6, 6.07) is 7.97. The largest absolute Gasteiger partial charge is 0.524 e. The molecule has 7 nitrogen and oxygen atoms in total. The van der Waals surface area contributed by atoms with E-state index in [0.717, 1.165) is 23.0 Å². The van der Waals surface area contributed by atoms with E-state index in [0.29, 0.717) is 0 Å². The van der Waals surface area contributed by atoms with Gasteiger partial charge in [0.25, 0.3) is 0 Å². The van der Waals surface area contributed by atoms with Crippen molar-refractivity contribution >= 4 is 19.4 Å². The Hall–Kier alpha value is -2.52. The molecule has 0 bridgehead atoms. The third-order valence-electron chi connectivity index (χ3n) is 3.86. The SMILES string of the molecule is O=c1occ(-c2ccc(C(F)(F)F)cc2)n1Cc1cc(Cl)ccc1OP(=O)(O)O. The number of aromatic nitrogens is 1. The smallest absolute Gasteiger partial charge is 0.416 e. The summed E-state index contributed by atoms with van der Waals surface area (Å²) in [4.78, 5) is 30.2. The van der Waals surface area contributed by atoms with Gasteiger partial charge in [-0.1, -0.05) is 23.7 Å². The fourth-order valence-electron chi connectivity index (χ4n) is 2.59.